The highest BCUT2D eigenvalue weighted by Gasteiger charge is 2.28. The number of allylic oxidation sites excluding steroid dienone is 3. The van der Waals surface area contributed by atoms with Gasteiger partial charge < -0.3 is 0 Å². The molecule has 1 N–H and O–H groups in total. The highest BCUT2D eigenvalue weighted by atomic mass is 32.2. The summed E-state index contributed by atoms with van der Waals surface area (Å²) in [5.41, 5.74) is 0.597. The Morgan fingerprint density at radius 3 is 2.31 bits per heavy atom. The second-order valence-electron chi connectivity index (χ2n) is 2.73. The van der Waals surface area contributed by atoms with Crippen molar-refractivity contribution in [2.24, 2.45) is 0 Å². The molecule has 0 aromatic carbocycles. The molecule has 0 fully saturated rings. The number of rotatable bonds is 4. The van der Waals surface area contributed by atoms with Gasteiger partial charge in [-0.25, -0.2) is 4.57 Å². The van der Waals surface area contributed by atoms with Gasteiger partial charge in [0, 0.05) is 0 Å². The number of hydrogen-bond acceptors (Lipinski definition) is 4. The summed E-state index contributed by atoms with van der Waals surface area (Å²) in [6, 6.07) is 0. The van der Waals surface area contributed by atoms with Crippen molar-refractivity contribution in [1.29, 1.82) is 0 Å². The first-order valence-corrected chi connectivity index (χ1v) is 6.72. The summed E-state index contributed by atoms with van der Waals surface area (Å²) in [6.07, 6.45) is 5.12. The van der Waals surface area contributed by atoms with Crippen LogP contribution in [0.15, 0.2) is 36.5 Å². The van der Waals surface area contributed by atoms with Crippen LogP contribution in [-0.2, 0) is 19.1 Å². The van der Waals surface area contributed by atoms with Gasteiger partial charge in [-0.3, -0.25) is 4.18 Å². The summed E-state index contributed by atoms with van der Waals surface area (Å²) >= 11 is 0. The molecular weight excluding hydrogens is 263 g/mol. The number of halogens is 2. The molecule has 0 aromatic rings. The van der Waals surface area contributed by atoms with Crippen molar-refractivity contribution in [3.05, 3.63) is 42.6 Å². The summed E-state index contributed by atoms with van der Waals surface area (Å²) in [4.78, 5) is 0. The van der Waals surface area contributed by atoms with Crippen LogP contribution in [0.2, 0.25) is 0 Å². The van der Waals surface area contributed by atoms with Gasteiger partial charge in [0.05, 0.1) is 0 Å². The Morgan fingerprint density at radius 1 is 1.38 bits per heavy atom. The van der Waals surface area contributed by atoms with Crippen LogP contribution in [-0.4, -0.2) is 8.42 Å². The third-order valence-corrected chi connectivity index (χ3v) is 3.50. The van der Waals surface area contributed by atoms with Gasteiger partial charge in [0.15, 0.2) is 0 Å². The second-order valence-corrected chi connectivity index (χ2v) is 5.46. The van der Waals surface area contributed by atoms with Gasteiger partial charge in [0.25, 0.3) is 0 Å². The Kier molecular flexibility index (Phi) is 3.69. The zero-order valence-corrected chi connectivity index (χ0v) is 9.47. The molecule has 16 heavy (non-hydrogen) atoms. The fourth-order valence-corrected chi connectivity index (χ4v) is 2.38. The molecule has 0 aliphatic heterocycles. The van der Waals surface area contributed by atoms with Crippen LogP contribution in [0.4, 0.5) is 8.39 Å². The van der Waals surface area contributed by atoms with Gasteiger partial charge in [-0.1, -0.05) is 4.49 Å². The maximum Gasteiger partial charge on any atom is 0.495 e. The van der Waals surface area contributed by atoms with Crippen molar-refractivity contribution in [2.45, 2.75) is 0 Å². The van der Waals surface area contributed by atoms with E-state index in [4.69, 9.17) is 0 Å². The van der Waals surface area contributed by atoms with Gasteiger partial charge >= 0.3 is 18.2 Å². The van der Waals surface area contributed by atoms with E-state index in [1.807, 2.05) is 0 Å². The minimum atomic E-state index is -5.91. The predicted molar refractivity (Wildman–Crippen MR) is 53.6 cm³/mol. The smallest absolute Gasteiger partial charge is 0.285 e. The van der Waals surface area contributed by atoms with E-state index in [1.165, 1.54) is 24.3 Å². The van der Waals surface area contributed by atoms with E-state index in [0.29, 0.717) is 10.1 Å². The van der Waals surface area contributed by atoms with E-state index in [0.717, 1.165) is 0 Å². The van der Waals surface area contributed by atoms with E-state index in [1.54, 1.807) is 0 Å². The van der Waals surface area contributed by atoms with Gasteiger partial charge in [0.2, 0.25) is 0 Å². The quantitative estimate of drug-likeness (QED) is 0.627. The monoisotopic (exact) mass is 270 g/mol. The Labute approximate surface area is 91.4 Å². The topological polar surface area (TPSA) is 72.5 Å². The molecule has 0 bridgehead atoms. The SMILES string of the molecule is C=C1C=C[C-](OS(=O)(=O)NP(=O)(F)F)C=C1. The van der Waals surface area contributed by atoms with Crippen molar-refractivity contribution in [2.75, 3.05) is 0 Å². The summed E-state index contributed by atoms with van der Waals surface area (Å²) in [5, 5.41) is 0. The average molecular weight is 270 g/mol. The van der Waals surface area contributed by atoms with Crippen molar-refractivity contribution in [3.63, 3.8) is 0 Å². The maximum absolute atomic E-state index is 12.0. The molecule has 0 aromatic heterocycles. The fraction of sp³-hybridized carbons (Fsp3) is 0. The first kappa shape index (κ1) is 13.1. The first-order chi connectivity index (χ1) is 7.18. The Hall–Kier alpha value is -0.950. The lowest BCUT2D eigenvalue weighted by Gasteiger charge is -2.19. The zero-order valence-electron chi connectivity index (χ0n) is 7.76. The molecule has 0 radical (unpaired) electrons. The summed E-state index contributed by atoms with van der Waals surface area (Å²) in [7, 11) is -10.7. The molecule has 0 heterocycles. The molecule has 0 saturated heterocycles. The predicted octanol–water partition coefficient (Wildman–Crippen LogP) is 2.10. The lowest BCUT2D eigenvalue weighted by Crippen LogP contribution is -2.22. The van der Waals surface area contributed by atoms with E-state index < -0.39 is 18.2 Å². The largest absolute Gasteiger partial charge is 0.495 e. The van der Waals surface area contributed by atoms with Gasteiger partial charge in [-0.05, 0) is 6.10 Å². The van der Waals surface area contributed by atoms with E-state index >= 15 is 0 Å². The molecule has 0 spiro atoms. The van der Waals surface area contributed by atoms with Crippen LogP contribution in [0.3, 0.4) is 0 Å². The zero-order chi connectivity index (χ0) is 12.4. The van der Waals surface area contributed by atoms with Crippen molar-refractivity contribution in [3.8, 4) is 0 Å². The molecule has 90 valence electrons. The highest BCUT2D eigenvalue weighted by molar-refractivity contribution is 7.90. The highest BCUT2D eigenvalue weighted by Crippen LogP contribution is 2.45. The Balaban J connectivity index is 2.68. The second kappa shape index (κ2) is 4.50. The Morgan fingerprint density at radius 2 is 1.88 bits per heavy atom. The van der Waals surface area contributed by atoms with Crippen molar-refractivity contribution < 1.29 is 25.6 Å². The molecule has 0 saturated carbocycles. The lowest BCUT2D eigenvalue weighted by molar-refractivity contribution is 0.370. The lowest BCUT2D eigenvalue weighted by atomic mass is 10.1. The van der Waals surface area contributed by atoms with Crippen LogP contribution in [0.25, 0.3) is 0 Å². The molecular formula is C7H7F2NO4PS-. The third kappa shape index (κ3) is 4.71. The van der Waals surface area contributed by atoms with Crippen LogP contribution in [0, 0.1) is 6.10 Å². The first-order valence-electron chi connectivity index (χ1n) is 3.83. The minimum absolute atomic E-state index is 0.187. The van der Waals surface area contributed by atoms with Crippen LogP contribution in [0.5, 0.6) is 0 Å². The Bertz CT molecular complexity index is 477. The van der Waals surface area contributed by atoms with Crippen LogP contribution < -0.4 is 4.49 Å². The summed E-state index contributed by atoms with van der Waals surface area (Å²) in [6.45, 7) is 3.53. The summed E-state index contributed by atoms with van der Waals surface area (Å²) in [5.74, 6) is 0. The van der Waals surface area contributed by atoms with E-state index in [9.17, 15) is 21.4 Å². The van der Waals surface area contributed by atoms with Crippen LogP contribution >= 0.6 is 7.91 Å². The van der Waals surface area contributed by atoms with Gasteiger partial charge in [0.1, 0.15) is 0 Å². The maximum atomic E-state index is 12.0. The fourth-order valence-electron chi connectivity index (χ4n) is 0.820. The molecule has 0 amide bonds. The van der Waals surface area contributed by atoms with Crippen molar-refractivity contribution >= 4 is 18.2 Å². The third-order valence-electron chi connectivity index (χ3n) is 1.35. The minimum Gasteiger partial charge on any atom is -0.285 e. The van der Waals surface area contributed by atoms with Crippen molar-refractivity contribution in [1.82, 2.24) is 4.49 Å². The molecule has 9 heteroatoms. The van der Waals surface area contributed by atoms with E-state index in [2.05, 4.69) is 10.8 Å². The molecule has 1 aliphatic rings. The molecule has 5 nitrogen and oxygen atoms in total. The van der Waals surface area contributed by atoms with Gasteiger partial charge in [-0.15, -0.1) is 32.7 Å². The molecule has 1 rings (SSSR count). The number of nitrogens with one attached hydrogen (secondary N) is 1. The van der Waals surface area contributed by atoms with Gasteiger partial charge in [-0.2, -0.15) is 20.6 Å². The number of hydrogen-bond donors (Lipinski definition) is 1. The normalized spacial score (nSPS) is 16.9. The molecule has 0 unspecified atom stereocenters. The van der Waals surface area contributed by atoms with E-state index in [-0.39, 0.29) is 6.10 Å². The van der Waals surface area contributed by atoms with Crippen LogP contribution in [0.1, 0.15) is 0 Å². The molecule has 1 aliphatic carbocycles. The molecule has 0 atom stereocenters. The average Bonchev–Trinajstić information content (AvgIpc) is 2.04. The summed E-state index contributed by atoms with van der Waals surface area (Å²) < 4.78 is 60.5. The standard InChI is InChI=1S/C7H7F2NO4PS/c1-6-2-4-7(5-3-6)14-16(12,13)10-15(8,9)11/h2-5H,1H2,(H,10,11)/q-1.